The highest BCUT2D eigenvalue weighted by molar-refractivity contribution is 6.35. The van der Waals surface area contributed by atoms with Crippen molar-refractivity contribution in [3.63, 3.8) is 0 Å². The van der Waals surface area contributed by atoms with Gasteiger partial charge in [0.05, 0.1) is 5.02 Å². The molecule has 0 amide bonds. The molecule has 0 atom stereocenters. The van der Waals surface area contributed by atoms with Crippen LogP contribution in [-0.2, 0) is 6.54 Å². The van der Waals surface area contributed by atoms with Gasteiger partial charge in [0.2, 0.25) is 0 Å². The molecular formula is C10H11Cl2F2NO. The number of halogens is 4. The summed E-state index contributed by atoms with van der Waals surface area (Å²) in [5.74, 6) is 0.251. The molecule has 0 spiro atoms. The van der Waals surface area contributed by atoms with Crippen LogP contribution in [0.15, 0.2) is 12.1 Å². The van der Waals surface area contributed by atoms with Gasteiger partial charge in [0.25, 0.3) is 6.43 Å². The minimum atomic E-state index is -2.53. The second-order valence-electron chi connectivity index (χ2n) is 3.11. The van der Waals surface area contributed by atoms with E-state index in [4.69, 9.17) is 27.9 Å². The molecule has 0 heterocycles. The van der Waals surface area contributed by atoms with E-state index in [9.17, 15) is 8.78 Å². The fourth-order valence-corrected chi connectivity index (χ4v) is 1.83. The van der Waals surface area contributed by atoms with Gasteiger partial charge in [0, 0.05) is 17.1 Å². The van der Waals surface area contributed by atoms with Gasteiger partial charge in [-0.3, -0.25) is 0 Å². The number of alkyl halides is 2. The van der Waals surface area contributed by atoms with E-state index in [1.54, 1.807) is 13.1 Å². The Kier molecular flexibility index (Phi) is 5.25. The standard InChI is InChI=1S/C10H11Cl2F2NO/c1-15-4-6-2-7(11)3-8(12)10(6)16-5-9(13)14/h2-3,9,15H,4-5H2,1H3. The SMILES string of the molecule is CNCc1cc(Cl)cc(Cl)c1OCC(F)F. The maximum Gasteiger partial charge on any atom is 0.272 e. The van der Waals surface area contributed by atoms with Crippen LogP contribution in [0.3, 0.4) is 0 Å². The lowest BCUT2D eigenvalue weighted by Gasteiger charge is -2.13. The van der Waals surface area contributed by atoms with Crippen molar-refractivity contribution >= 4 is 23.2 Å². The Hall–Kier alpha value is -0.580. The molecule has 0 saturated carbocycles. The van der Waals surface area contributed by atoms with Crippen LogP contribution >= 0.6 is 23.2 Å². The van der Waals surface area contributed by atoms with Crippen LogP contribution in [0.25, 0.3) is 0 Å². The fraction of sp³-hybridized carbons (Fsp3) is 0.400. The van der Waals surface area contributed by atoms with E-state index < -0.39 is 13.0 Å². The Morgan fingerprint density at radius 1 is 1.38 bits per heavy atom. The van der Waals surface area contributed by atoms with Gasteiger partial charge in [-0.05, 0) is 19.2 Å². The molecule has 0 fully saturated rings. The molecule has 6 heteroatoms. The van der Waals surface area contributed by atoms with Gasteiger partial charge >= 0.3 is 0 Å². The van der Waals surface area contributed by atoms with Crippen molar-refractivity contribution < 1.29 is 13.5 Å². The predicted molar refractivity (Wildman–Crippen MR) is 60.7 cm³/mol. The first kappa shape index (κ1) is 13.5. The zero-order valence-corrected chi connectivity index (χ0v) is 10.1. The molecule has 1 aromatic rings. The minimum absolute atomic E-state index is 0.235. The molecule has 0 aliphatic rings. The Morgan fingerprint density at radius 3 is 2.62 bits per heavy atom. The smallest absolute Gasteiger partial charge is 0.272 e. The Morgan fingerprint density at radius 2 is 2.06 bits per heavy atom. The zero-order chi connectivity index (χ0) is 12.1. The maximum atomic E-state index is 12.0. The van der Waals surface area contributed by atoms with E-state index in [0.29, 0.717) is 17.1 Å². The maximum absolute atomic E-state index is 12.0. The summed E-state index contributed by atoms with van der Waals surface area (Å²) in [5.41, 5.74) is 0.653. The molecular weight excluding hydrogens is 259 g/mol. The number of rotatable bonds is 5. The molecule has 90 valence electrons. The average Bonchev–Trinajstić information content (AvgIpc) is 2.16. The summed E-state index contributed by atoms with van der Waals surface area (Å²) in [6, 6.07) is 3.09. The first-order chi connectivity index (χ1) is 7.54. The quantitative estimate of drug-likeness (QED) is 0.885. The van der Waals surface area contributed by atoms with E-state index >= 15 is 0 Å². The topological polar surface area (TPSA) is 21.3 Å². The third-order valence-corrected chi connectivity index (χ3v) is 2.31. The van der Waals surface area contributed by atoms with Crippen LogP contribution in [-0.4, -0.2) is 20.1 Å². The van der Waals surface area contributed by atoms with Crippen molar-refractivity contribution in [3.05, 3.63) is 27.7 Å². The van der Waals surface area contributed by atoms with Gasteiger partial charge in [-0.15, -0.1) is 0 Å². The normalized spacial score (nSPS) is 10.9. The van der Waals surface area contributed by atoms with E-state index in [1.165, 1.54) is 6.07 Å². The third kappa shape index (κ3) is 3.77. The van der Waals surface area contributed by atoms with Crippen LogP contribution in [0.5, 0.6) is 5.75 Å². The van der Waals surface area contributed by atoms with Gasteiger partial charge in [-0.2, -0.15) is 0 Å². The molecule has 16 heavy (non-hydrogen) atoms. The van der Waals surface area contributed by atoms with Gasteiger partial charge in [-0.1, -0.05) is 23.2 Å². The molecule has 1 rings (SSSR count). The summed E-state index contributed by atoms with van der Waals surface area (Å²) >= 11 is 11.7. The Bertz CT molecular complexity index is 361. The fourth-order valence-electron chi connectivity index (χ4n) is 1.24. The molecule has 0 aromatic heterocycles. The lowest BCUT2D eigenvalue weighted by Crippen LogP contribution is -2.12. The lowest BCUT2D eigenvalue weighted by atomic mass is 10.2. The van der Waals surface area contributed by atoms with Crippen LogP contribution in [0.2, 0.25) is 10.0 Å². The van der Waals surface area contributed by atoms with Gasteiger partial charge in [-0.25, -0.2) is 8.78 Å². The van der Waals surface area contributed by atoms with Crippen molar-refractivity contribution in [3.8, 4) is 5.75 Å². The van der Waals surface area contributed by atoms with Crippen molar-refractivity contribution in [1.29, 1.82) is 0 Å². The summed E-state index contributed by atoms with van der Waals surface area (Å²) in [6.07, 6.45) is -2.53. The molecule has 1 N–H and O–H groups in total. The van der Waals surface area contributed by atoms with E-state index in [1.807, 2.05) is 0 Å². The monoisotopic (exact) mass is 269 g/mol. The number of benzene rings is 1. The Balaban J connectivity index is 2.94. The first-order valence-corrected chi connectivity index (χ1v) is 5.33. The molecule has 0 saturated heterocycles. The molecule has 1 aromatic carbocycles. The summed E-state index contributed by atoms with van der Waals surface area (Å²) in [6.45, 7) is -0.239. The second-order valence-corrected chi connectivity index (χ2v) is 3.95. The average molecular weight is 270 g/mol. The van der Waals surface area contributed by atoms with E-state index in [-0.39, 0.29) is 10.8 Å². The number of hydrogen-bond acceptors (Lipinski definition) is 2. The Labute approximate surface area is 102 Å². The van der Waals surface area contributed by atoms with Crippen LogP contribution in [0.4, 0.5) is 8.78 Å². The van der Waals surface area contributed by atoms with Gasteiger partial charge < -0.3 is 10.1 Å². The van der Waals surface area contributed by atoms with E-state index in [0.717, 1.165) is 0 Å². The first-order valence-electron chi connectivity index (χ1n) is 4.58. The largest absolute Gasteiger partial charge is 0.486 e. The lowest BCUT2D eigenvalue weighted by molar-refractivity contribution is 0.0814. The minimum Gasteiger partial charge on any atom is -0.486 e. The van der Waals surface area contributed by atoms with Crippen molar-refractivity contribution in [2.75, 3.05) is 13.7 Å². The molecule has 0 aliphatic carbocycles. The predicted octanol–water partition coefficient (Wildman–Crippen LogP) is 3.36. The van der Waals surface area contributed by atoms with Crippen LogP contribution < -0.4 is 10.1 Å². The van der Waals surface area contributed by atoms with Crippen LogP contribution in [0.1, 0.15) is 5.56 Å². The summed E-state index contributed by atoms with van der Waals surface area (Å²) < 4.78 is 29.0. The molecule has 0 aliphatic heterocycles. The third-order valence-electron chi connectivity index (χ3n) is 1.81. The summed E-state index contributed by atoms with van der Waals surface area (Å²) in [4.78, 5) is 0. The molecule has 2 nitrogen and oxygen atoms in total. The highest BCUT2D eigenvalue weighted by atomic mass is 35.5. The van der Waals surface area contributed by atoms with Crippen LogP contribution in [0, 0.1) is 0 Å². The molecule has 0 unspecified atom stereocenters. The number of hydrogen-bond donors (Lipinski definition) is 1. The molecule has 0 radical (unpaired) electrons. The zero-order valence-electron chi connectivity index (χ0n) is 8.57. The van der Waals surface area contributed by atoms with Crippen molar-refractivity contribution in [1.82, 2.24) is 5.32 Å². The summed E-state index contributed by atoms with van der Waals surface area (Å²) in [5, 5.41) is 3.56. The molecule has 0 bridgehead atoms. The highest BCUT2D eigenvalue weighted by Crippen LogP contribution is 2.32. The van der Waals surface area contributed by atoms with Gasteiger partial charge in [0.15, 0.2) is 0 Å². The van der Waals surface area contributed by atoms with E-state index in [2.05, 4.69) is 5.32 Å². The number of nitrogens with one attached hydrogen (secondary N) is 1. The van der Waals surface area contributed by atoms with Gasteiger partial charge in [0.1, 0.15) is 12.4 Å². The number of ether oxygens (including phenoxy) is 1. The van der Waals surface area contributed by atoms with Crippen molar-refractivity contribution in [2.45, 2.75) is 13.0 Å². The van der Waals surface area contributed by atoms with Crippen molar-refractivity contribution in [2.24, 2.45) is 0 Å². The highest BCUT2D eigenvalue weighted by Gasteiger charge is 2.12. The summed E-state index contributed by atoms with van der Waals surface area (Å²) in [7, 11) is 1.73. The second kappa shape index (κ2) is 6.23.